The molecule has 7 heteroatoms. The maximum atomic E-state index is 12.1. The Morgan fingerprint density at radius 1 is 1.03 bits per heavy atom. The second-order valence-corrected chi connectivity index (χ2v) is 8.72. The number of anilines is 2. The summed E-state index contributed by atoms with van der Waals surface area (Å²) >= 11 is 0. The molecular formula is C26H30N4O3. The smallest absolute Gasteiger partial charge is 0.230 e. The number of ether oxygens (including phenoxy) is 1. The molecular weight excluding hydrogens is 416 g/mol. The first-order valence-electron chi connectivity index (χ1n) is 11.8. The lowest BCUT2D eigenvalue weighted by atomic mass is 10.0. The molecule has 1 amide bonds. The Balaban J connectivity index is 1.12. The minimum atomic E-state index is 0.0729. The van der Waals surface area contributed by atoms with Gasteiger partial charge in [-0.25, -0.2) is 0 Å². The third-order valence-corrected chi connectivity index (χ3v) is 6.64. The van der Waals surface area contributed by atoms with E-state index < -0.39 is 0 Å². The van der Waals surface area contributed by atoms with E-state index in [1.807, 2.05) is 37.4 Å². The zero-order valence-electron chi connectivity index (χ0n) is 19.0. The zero-order chi connectivity index (χ0) is 22.8. The molecule has 0 radical (unpaired) electrons. The van der Waals surface area contributed by atoms with Gasteiger partial charge in [-0.1, -0.05) is 13.0 Å². The van der Waals surface area contributed by atoms with E-state index in [4.69, 9.17) is 4.74 Å². The van der Waals surface area contributed by atoms with Crippen molar-refractivity contribution in [2.45, 2.75) is 26.2 Å². The first-order valence-corrected chi connectivity index (χ1v) is 11.8. The summed E-state index contributed by atoms with van der Waals surface area (Å²) in [5, 5.41) is 4.03. The molecule has 3 heterocycles. The molecule has 2 aromatic carbocycles. The van der Waals surface area contributed by atoms with Crippen LogP contribution >= 0.6 is 0 Å². The molecule has 0 saturated carbocycles. The van der Waals surface area contributed by atoms with Gasteiger partial charge in [0, 0.05) is 74.6 Å². The van der Waals surface area contributed by atoms with Crippen molar-refractivity contribution in [3.8, 4) is 5.75 Å². The van der Waals surface area contributed by atoms with Crippen LogP contribution in [0.15, 0.2) is 48.7 Å². The number of nitrogens with one attached hydrogen (secondary N) is 1. The molecule has 5 rings (SSSR count). The lowest BCUT2D eigenvalue weighted by Crippen LogP contribution is -2.47. The van der Waals surface area contributed by atoms with Crippen molar-refractivity contribution < 1.29 is 14.3 Å². The van der Waals surface area contributed by atoms with Gasteiger partial charge in [0.15, 0.2) is 0 Å². The number of piperazine rings is 1. The monoisotopic (exact) mass is 446 g/mol. The second-order valence-electron chi connectivity index (χ2n) is 8.72. The lowest BCUT2D eigenvalue weighted by molar-refractivity contribution is -0.116. The van der Waals surface area contributed by atoms with Crippen molar-refractivity contribution in [2.24, 2.45) is 0 Å². The van der Waals surface area contributed by atoms with E-state index in [0.717, 1.165) is 61.5 Å². The molecule has 1 N–H and O–H groups in total. The molecule has 0 aliphatic carbocycles. The van der Waals surface area contributed by atoms with E-state index in [-0.39, 0.29) is 11.8 Å². The average Bonchev–Trinajstić information content (AvgIpc) is 3.27. The predicted octanol–water partition coefficient (Wildman–Crippen LogP) is 3.78. The Morgan fingerprint density at radius 2 is 1.88 bits per heavy atom. The number of aryl methyl sites for hydroxylation is 1. The Morgan fingerprint density at radius 3 is 2.70 bits per heavy atom. The first-order chi connectivity index (χ1) is 16.1. The maximum Gasteiger partial charge on any atom is 0.230 e. The van der Waals surface area contributed by atoms with E-state index in [2.05, 4.69) is 33.3 Å². The molecule has 0 unspecified atom stereocenters. The van der Waals surface area contributed by atoms with Gasteiger partial charge < -0.3 is 15.0 Å². The average molecular weight is 447 g/mol. The summed E-state index contributed by atoms with van der Waals surface area (Å²) in [5.41, 5.74) is 4.23. The highest BCUT2D eigenvalue weighted by Gasteiger charge is 2.19. The van der Waals surface area contributed by atoms with Gasteiger partial charge in [-0.05, 0) is 42.3 Å². The summed E-state index contributed by atoms with van der Waals surface area (Å²) < 4.78 is 7.71. The molecule has 33 heavy (non-hydrogen) atoms. The third-order valence-electron chi connectivity index (χ3n) is 6.64. The van der Waals surface area contributed by atoms with Crippen LogP contribution < -0.4 is 15.0 Å². The Kier molecular flexibility index (Phi) is 6.05. The number of fused-ring (bicyclic) bond motifs is 2. The number of carbonyl (C=O) groups is 2. The van der Waals surface area contributed by atoms with Crippen LogP contribution in [0.2, 0.25) is 0 Å². The summed E-state index contributed by atoms with van der Waals surface area (Å²) in [6.45, 7) is 7.28. The van der Waals surface area contributed by atoms with Gasteiger partial charge in [0.05, 0.1) is 5.52 Å². The molecule has 172 valence electrons. The van der Waals surface area contributed by atoms with Crippen LogP contribution in [0.1, 0.15) is 30.1 Å². The van der Waals surface area contributed by atoms with Crippen LogP contribution in [0.25, 0.3) is 10.9 Å². The highest BCUT2D eigenvalue weighted by molar-refractivity contribution is 5.94. The fourth-order valence-electron chi connectivity index (χ4n) is 4.68. The van der Waals surface area contributed by atoms with Gasteiger partial charge in [0.2, 0.25) is 11.8 Å². The number of amides is 1. The van der Waals surface area contributed by atoms with Crippen molar-refractivity contribution in [1.29, 1.82) is 0 Å². The second kappa shape index (κ2) is 9.27. The van der Waals surface area contributed by atoms with Crippen LogP contribution in [0.4, 0.5) is 11.4 Å². The first kappa shape index (κ1) is 21.5. The minimum Gasteiger partial charge on any atom is -0.492 e. The highest BCUT2D eigenvalue weighted by atomic mass is 16.5. The number of aromatic nitrogens is 1. The van der Waals surface area contributed by atoms with E-state index in [0.29, 0.717) is 19.4 Å². The maximum absolute atomic E-state index is 12.1. The van der Waals surface area contributed by atoms with Crippen LogP contribution in [0.3, 0.4) is 0 Å². The Bertz CT molecular complexity index is 1180. The molecule has 0 bridgehead atoms. The summed E-state index contributed by atoms with van der Waals surface area (Å²) in [4.78, 5) is 28.5. The molecule has 0 spiro atoms. The number of benzene rings is 2. The topological polar surface area (TPSA) is 66.8 Å². The van der Waals surface area contributed by atoms with E-state index in [1.54, 1.807) is 4.57 Å². The number of hydrogen-bond acceptors (Lipinski definition) is 5. The van der Waals surface area contributed by atoms with Crippen molar-refractivity contribution >= 4 is 34.1 Å². The van der Waals surface area contributed by atoms with Crippen LogP contribution in [0.5, 0.6) is 5.75 Å². The number of hydrogen-bond donors (Lipinski definition) is 1. The number of rotatable bonds is 6. The highest BCUT2D eigenvalue weighted by Crippen LogP contribution is 2.27. The SMILES string of the molecule is CCC(=O)n1ccc2cc(N3CCN(CCOc4ccc5c(c4)NC(=O)CC5)CC3)ccc21. The largest absolute Gasteiger partial charge is 0.492 e. The standard InChI is InChI=1S/C26H30N4O3/c1-2-26(32)30-10-9-20-17-21(5-7-24(20)30)29-13-11-28(12-14-29)15-16-33-22-6-3-19-4-8-25(31)27-23(19)18-22/h3,5-7,9-10,17-18H,2,4,8,11-16H2,1H3,(H,27,31). The van der Waals surface area contributed by atoms with Gasteiger partial charge in [-0.15, -0.1) is 0 Å². The van der Waals surface area contributed by atoms with Crippen LogP contribution in [-0.4, -0.2) is 60.6 Å². The van der Waals surface area contributed by atoms with Gasteiger partial charge in [-0.3, -0.25) is 19.1 Å². The molecule has 7 nitrogen and oxygen atoms in total. The van der Waals surface area contributed by atoms with Crippen molar-refractivity contribution in [3.63, 3.8) is 0 Å². The van der Waals surface area contributed by atoms with Crippen LogP contribution in [-0.2, 0) is 11.2 Å². The zero-order valence-corrected chi connectivity index (χ0v) is 19.0. The molecule has 2 aliphatic rings. The fraction of sp³-hybridized carbons (Fsp3) is 0.385. The molecule has 1 aromatic heterocycles. The summed E-state index contributed by atoms with van der Waals surface area (Å²) in [7, 11) is 0. The predicted molar refractivity (Wildman–Crippen MR) is 130 cm³/mol. The van der Waals surface area contributed by atoms with Gasteiger partial charge in [-0.2, -0.15) is 0 Å². The normalized spacial score (nSPS) is 16.5. The third kappa shape index (κ3) is 4.59. The quantitative estimate of drug-likeness (QED) is 0.624. The van der Waals surface area contributed by atoms with E-state index >= 15 is 0 Å². The lowest BCUT2D eigenvalue weighted by Gasteiger charge is -2.36. The molecule has 1 fully saturated rings. The number of carbonyl (C=O) groups excluding carboxylic acids is 2. The van der Waals surface area contributed by atoms with Crippen molar-refractivity contribution in [3.05, 3.63) is 54.2 Å². The summed E-state index contributed by atoms with van der Waals surface area (Å²) in [6.07, 6.45) is 3.72. The van der Waals surface area contributed by atoms with E-state index in [9.17, 15) is 9.59 Å². The molecule has 0 atom stereocenters. The van der Waals surface area contributed by atoms with Gasteiger partial charge >= 0.3 is 0 Å². The summed E-state index contributed by atoms with van der Waals surface area (Å²) in [5.74, 6) is 0.994. The van der Waals surface area contributed by atoms with Crippen molar-refractivity contribution in [2.75, 3.05) is 49.5 Å². The Labute approximate surface area is 193 Å². The molecule has 2 aliphatic heterocycles. The Hall–Kier alpha value is -3.32. The van der Waals surface area contributed by atoms with Gasteiger partial charge in [0.1, 0.15) is 12.4 Å². The minimum absolute atomic E-state index is 0.0729. The van der Waals surface area contributed by atoms with Crippen LogP contribution in [0, 0.1) is 0 Å². The van der Waals surface area contributed by atoms with Gasteiger partial charge in [0.25, 0.3) is 0 Å². The molecule has 1 saturated heterocycles. The van der Waals surface area contributed by atoms with E-state index in [1.165, 1.54) is 11.3 Å². The summed E-state index contributed by atoms with van der Waals surface area (Å²) in [6, 6.07) is 14.4. The molecule has 3 aromatic rings. The number of nitrogens with zero attached hydrogens (tertiary/aromatic N) is 3. The fourth-order valence-corrected chi connectivity index (χ4v) is 4.68. The van der Waals surface area contributed by atoms with Crippen molar-refractivity contribution in [1.82, 2.24) is 9.47 Å².